The van der Waals surface area contributed by atoms with Gasteiger partial charge in [-0.2, -0.15) is 0 Å². The van der Waals surface area contributed by atoms with Gasteiger partial charge in [0.15, 0.2) is 0 Å². The summed E-state index contributed by atoms with van der Waals surface area (Å²) in [6.45, 7) is 2.89. The summed E-state index contributed by atoms with van der Waals surface area (Å²) in [6.07, 6.45) is 0.730. The number of rotatable bonds is 5. The zero-order valence-corrected chi connectivity index (χ0v) is 12.7. The Balaban J connectivity index is 2.22. The fourth-order valence-corrected chi connectivity index (χ4v) is 2.58. The largest absolute Gasteiger partial charge is 0.310 e. The molecule has 0 aromatic heterocycles. The lowest BCUT2D eigenvalue weighted by molar-refractivity contribution is 0.549. The van der Waals surface area contributed by atoms with Crippen LogP contribution < -0.4 is 5.32 Å². The molecule has 1 N–H and O–H groups in total. The van der Waals surface area contributed by atoms with Crippen LogP contribution in [0.15, 0.2) is 42.5 Å². The Morgan fingerprint density at radius 1 is 1.15 bits per heavy atom. The molecule has 0 aliphatic carbocycles. The lowest BCUT2D eigenvalue weighted by atomic mass is 9.99. The van der Waals surface area contributed by atoms with Crippen molar-refractivity contribution in [1.82, 2.24) is 5.32 Å². The Hall–Kier alpha value is -1.09. The van der Waals surface area contributed by atoms with Gasteiger partial charge >= 0.3 is 0 Å². The van der Waals surface area contributed by atoms with E-state index >= 15 is 0 Å². The average molecular weight is 312 g/mol. The maximum absolute atomic E-state index is 13.2. The molecule has 106 valence electrons. The molecule has 0 aliphatic rings. The maximum Gasteiger partial charge on any atom is 0.141 e. The van der Waals surface area contributed by atoms with Crippen molar-refractivity contribution in [2.45, 2.75) is 19.4 Å². The van der Waals surface area contributed by atoms with Crippen LogP contribution in [0, 0.1) is 5.82 Å². The van der Waals surface area contributed by atoms with Crippen LogP contribution in [-0.4, -0.2) is 6.54 Å². The van der Waals surface area contributed by atoms with E-state index in [1.54, 1.807) is 12.1 Å². The second-order valence-electron chi connectivity index (χ2n) is 4.62. The number of likely N-dealkylation sites (N-methyl/N-ethyl adjacent to an activating group) is 1. The Kier molecular flexibility index (Phi) is 5.41. The predicted molar refractivity (Wildman–Crippen MR) is 83.0 cm³/mol. The van der Waals surface area contributed by atoms with Crippen molar-refractivity contribution in [2.75, 3.05) is 6.54 Å². The molecular weight excluding hydrogens is 296 g/mol. The topological polar surface area (TPSA) is 12.0 Å². The Morgan fingerprint density at radius 3 is 2.60 bits per heavy atom. The van der Waals surface area contributed by atoms with Crippen LogP contribution in [0.25, 0.3) is 0 Å². The molecule has 1 atom stereocenters. The van der Waals surface area contributed by atoms with Crippen LogP contribution in [0.4, 0.5) is 4.39 Å². The number of hydrogen-bond acceptors (Lipinski definition) is 1. The molecule has 1 nitrogen and oxygen atoms in total. The van der Waals surface area contributed by atoms with Crippen LogP contribution in [0.5, 0.6) is 0 Å². The molecule has 0 spiro atoms. The SMILES string of the molecule is CCNC(Cc1ccc(F)c(Cl)c1)c1cccc(Cl)c1. The first-order valence-electron chi connectivity index (χ1n) is 6.53. The molecule has 0 aliphatic heterocycles. The van der Waals surface area contributed by atoms with Gasteiger partial charge in [0.05, 0.1) is 5.02 Å². The first-order valence-corrected chi connectivity index (χ1v) is 7.28. The first-order chi connectivity index (χ1) is 9.60. The number of hydrogen-bond donors (Lipinski definition) is 1. The highest BCUT2D eigenvalue weighted by Gasteiger charge is 2.12. The smallest absolute Gasteiger partial charge is 0.141 e. The molecule has 2 aromatic carbocycles. The summed E-state index contributed by atoms with van der Waals surface area (Å²) in [5.41, 5.74) is 2.10. The lowest BCUT2D eigenvalue weighted by Crippen LogP contribution is -2.23. The molecule has 20 heavy (non-hydrogen) atoms. The fraction of sp³-hybridized carbons (Fsp3) is 0.250. The van der Waals surface area contributed by atoms with Gasteiger partial charge < -0.3 is 5.32 Å². The van der Waals surface area contributed by atoms with Gasteiger partial charge in [-0.05, 0) is 48.4 Å². The molecule has 0 heterocycles. The monoisotopic (exact) mass is 311 g/mol. The van der Waals surface area contributed by atoms with Crippen molar-refractivity contribution >= 4 is 23.2 Å². The van der Waals surface area contributed by atoms with E-state index in [1.165, 1.54) is 6.07 Å². The van der Waals surface area contributed by atoms with E-state index in [-0.39, 0.29) is 11.1 Å². The summed E-state index contributed by atoms with van der Waals surface area (Å²) in [5.74, 6) is -0.391. The molecule has 2 rings (SSSR count). The number of halogens is 3. The minimum atomic E-state index is -0.391. The van der Waals surface area contributed by atoms with Crippen LogP contribution in [0.3, 0.4) is 0 Å². The lowest BCUT2D eigenvalue weighted by Gasteiger charge is -2.19. The van der Waals surface area contributed by atoms with Crippen LogP contribution >= 0.6 is 23.2 Å². The maximum atomic E-state index is 13.2. The third kappa shape index (κ3) is 3.95. The van der Waals surface area contributed by atoms with E-state index in [9.17, 15) is 4.39 Å². The number of benzene rings is 2. The molecule has 0 amide bonds. The highest BCUT2D eigenvalue weighted by atomic mass is 35.5. The van der Waals surface area contributed by atoms with Crippen molar-refractivity contribution in [3.8, 4) is 0 Å². The predicted octanol–water partition coefficient (Wildman–Crippen LogP) is 5.03. The van der Waals surface area contributed by atoms with Gasteiger partial charge in [0.25, 0.3) is 0 Å². The van der Waals surface area contributed by atoms with Crippen molar-refractivity contribution in [3.05, 3.63) is 69.5 Å². The fourth-order valence-electron chi connectivity index (χ4n) is 2.18. The highest BCUT2D eigenvalue weighted by Crippen LogP contribution is 2.24. The van der Waals surface area contributed by atoms with E-state index in [4.69, 9.17) is 23.2 Å². The molecule has 0 saturated heterocycles. The Morgan fingerprint density at radius 2 is 1.95 bits per heavy atom. The van der Waals surface area contributed by atoms with E-state index in [0.717, 1.165) is 24.1 Å². The molecule has 1 unspecified atom stereocenters. The zero-order chi connectivity index (χ0) is 14.5. The molecule has 0 radical (unpaired) electrons. The standard InChI is InChI=1S/C16H16Cl2FN/c1-2-20-16(12-4-3-5-13(17)10-12)9-11-6-7-15(19)14(18)8-11/h3-8,10,16,20H,2,9H2,1H3. The van der Waals surface area contributed by atoms with Gasteiger partial charge in [0.1, 0.15) is 5.82 Å². The van der Waals surface area contributed by atoms with Gasteiger partial charge in [-0.15, -0.1) is 0 Å². The molecule has 0 saturated carbocycles. The Labute approximate surface area is 128 Å². The Bertz CT molecular complexity index is 586. The quantitative estimate of drug-likeness (QED) is 0.817. The van der Waals surface area contributed by atoms with Gasteiger partial charge in [0, 0.05) is 11.1 Å². The van der Waals surface area contributed by atoms with Gasteiger partial charge in [0.2, 0.25) is 0 Å². The second kappa shape index (κ2) is 7.07. The van der Waals surface area contributed by atoms with Gasteiger partial charge in [-0.3, -0.25) is 0 Å². The van der Waals surface area contributed by atoms with Gasteiger partial charge in [-0.25, -0.2) is 4.39 Å². The molecule has 0 fully saturated rings. The molecule has 4 heteroatoms. The van der Waals surface area contributed by atoms with Crippen LogP contribution in [-0.2, 0) is 6.42 Å². The average Bonchev–Trinajstić information content (AvgIpc) is 2.42. The first kappa shape index (κ1) is 15.3. The van der Waals surface area contributed by atoms with E-state index in [2.05, 4.69) is 12.2 Å². The van der Waals surface area contributed by atoms with Crippen molar-refractivity contribution in [3.63, 3.8) is 0 Å². The van der Waals surface area contributed by atoms with Crippen molar-refractivity contribution < 1.29 is 4.39 Å². The normalized spacial score (nSPS) is 12.4. The minimum Gasteiger partial charge on any atom is -0.310 e. The third-order valence-electron chi connectivity index (χ3n) is 3.13. The van der Waals surface area contributed by atoms with Crippen molar-refractivity contribution in [1.29, 1.82) is 0 Å². The summed E-state index contributed by atoms with van der Waals surface area (Å²) in [7, 11) is 0. The van der Waals surface area contributed by atoms with Gasteiger partial charge in [-0.1, -0.05) is 48.3 Å². The number of nitrogens with one attached hydrogen (secondary N) is 1. The summed E-state index contributed by atoms with van der Waals surface area (Å²) >= 11 is 11.9. The summed E-state index contributed by atoms with van der Waals surface area (Å²) in [4.78, 5) is 0. The molecular formula is C16H16Cl2FN. The summed E-state index contributed by atoms with van der Waals surface area (Å²) in [5, 5.41) is 4.28. The van der Waals surface area contributed by atoms with E-state index in [1.807, 2.05) is 24.3 Å². The van der Waals surface area contributed by atoms with Crippen LogP contribution in [0.2, 0.25) is 10.0 Å². The van der Waals surface area contributed by atoms with Crippen molar-refractivity contribution in [2.24, 2.45) is 0 Å². The zero-order valence-electron chi connectivity index (χ0n) is 11.2. The summed E-state index contributed by atoms with van der Waals surface area (Å²) in [6, 6.07) is 12.7. The molecule has 2 aromatic rings. The van der Waals surface area contributed by atoms with E-state index < -0.39 is 5.82 Å². The second-order valence-corrected chi connectivity index (χ2v) is 5.46. The van der Waals surface area contributed by atoms with E-state index in [0.29, 0.717) is 5.02 Å². The summed E-state index contributed by atoms with van der Waals surface area (Å²) < 4.78 is 13.2. The third-order valence-corrected chi connectivity index (χ3v) is 3.65. The highest BCUT2D eigenvalue weighted by molar-refractivity contribution is 6.31. The molecule has 0 bridgehead atoms. The van der Waals surface area contributed by atoms with Crippen LogP contribution in [0.1, 0.15) is 24.1 Å². The minimum absolute atomic E-state index is 0.125.